The summed E-state index contributed by atoms with van der Waals surface area (Å²) in [7, 11) is 0. The molecule has 84 valence electrons. The van der Waals surface area contributed by atoms with Gasteiger partial charge in [0.1, 0.15) is 5.82 Å². The zero-order valence-electron chi connectivity index (χ0n) is 9.23. The van der Waals surface area contributed by atoms with Gasteiger partial charge in [-0.3, -0.25) is 0 Å². The summed E-state index contributed by atoms with van der Waals surface area (Å²) < 4.78 is 5.22. The van der Waals surface area contributed by atoms with Crippen LogP contribution in [0.15, 0.2) is 27.4 Å². The highest BCUT2D eigenvalue weighted by molar-refractivity contribution is 8.01. The van der Waals surface area contributed by atoms with E-state index in [-0.39, 0.29) is 0 Å². The number of rotatable bonds is 3. The molecule has 3 nitrogen and oxygen atoms in total. The summed E-state index contributed by atoms with van der Waals surface area (Å²) in [6, 6.07) is 5.93. The van der Waals surface area contributed by atoms with Crippen molar-refractivity contribution in [2.24, 2.45) is 0 Å². The number of aromatic nitrogens is 2. The smallest absolute Gasteiger partial charge is 0.174 e. The minimum Gasteiger partial charge on any atom is -0.398 e. The van der Waals surface area contributed by atoms with Gasteiger partial charge in [-0.25, -0.2) is 4.98 Å². The molecule has 0 bridgehead atoms. The number of hydrogen-bond donors (Lipinski definition) is 1. The number of aryl methyl sites for hydroxylation is 2. The second-order valence-electron chi connectivity index (χ2n) is 3.43. The van der Waals surface area contributed by atoms with Crippen molar-refractivity contribution in [1.82, 2.24) is 9.36 Å². The molecule has 0 radical (unpaired) electrons. The summed E-state index contributed by atoms with van der Waals surface area (Å²) in [5.74, 6) is 0.902. The first-order valence-corrected chi connectivity index (χ1v) is 6.65. The highest BCUT2D eigenvalue weighted by Gasteiger charge is 2.09. The van der Waals surface area contributed by atoms with Gasteiger partial charge in [0, 0.05) is 17.0 Å². The quantitative estimate of drug-likeness (QED) is 0.851. The molecular formula is C11H13N3S2. The zero-order chi connectivity index (χ0) is 11.5. The molecule has 16 heavy (non-hydrogen) atoms. The molecule has 2 rings (SSSR count). The Balaban J connectivity index is 2.26. The van der Waals surface area contributed by atoms with E-state index in [9.17, 15) is 0 Å². The van der Waals surface area contributed by atoms with Crippen LogP contribution in [-0.2, 0) is 6.42 Å². The Labute approximate surface area is 103 Å². The van der Waals surface area contributed by atoms with Crippen molar-refractivity contribution in [1.29, 1.82) is 0 Å². The van der Waals surface area contributed by atoms with Crippen LogP contribution >= 0.6 is 23.3 Å². The molecule has 0 amide bonds. The summed E-state index contributed by atoms with van der Waals surface area (Å²) in [5, 5.41) is 0. The van der Waals surface area contributed by atoms with Crippen LogP contribution in [0.4, 0.5) is 5.69 Å². The van der Waals surface area contributed by atoms with Crippen molar-refractivity contribution in [2.75, 3.05) is 5.73 Å². The molecule has 1 heterocycles. The van der Waals surface area contributed by atoms with Gasteiger partial charge in [-0.1, -0.05) is 30.8 Å². The first-order valence-electron chi connectivity index (χ1n) is 5.06. The average Bonchev–Trinajstić information content (AvgIpc) is 2.71. The van der Waals surface area contributed by atoms with Crippen molar-refractivity contribution in [3.05, 3.63) is 29.6 Å². The molecule has 0 aliphatic rings. The number of hydrogen-bond acceptors (Lipinski definition) is 5. The molecule has 0 atom stereocenters. The van der Waals surface area contributed by atoms with Crippen molar-refractivity contribution in [2.45, 2.75) is 29.5 Å². The molecule has 5 heteroatoms. The van der Waals surface area contributed by atoms with Gasteiger partial charge in [-0.15, -0.1) is 0 Å². The summed E-state index contributed by atoms with van der Waals surface area (Å²) in [6.45, 7) is 4.11. The fraction of sp³-hybridized carbons (Fsp3) is 0.273. The van der Waals surface area contributed by atoms with Crippen molar-refractivity contribution >= 4 is 29.0 Å². The molecule has 0 saturated carbocycles. The Hall–Kier alpha value is -1.07. The maximum atomic E-state index is 5.94. The van der Waals surface area contributed by atoms with E-state index in [1.807, 2.05) is 12.1 Å². The Morgan fingerprint density at radius 1 is 1.44 bits per heavy atom. The Morgan fingerprint density at radius 3 is 2.88 bits per heavy atom. The summed E-state index contributed by atoms with van der Waals surface area (Å²) in [5.41, 5.74) is 7.93. The molecule has 0 aliphatic heterocycles. The molecular weight excluding hydrogens is 238 g/mol. The molecule has 1 aromatic carbocycles. The monoisotopic (exact) mass is 251 g/mol. The van der Waals surface area contributed by atoms with Crippen LogP contribution in [0.2, 0.25) is 0 Å². The van der Waals surface area contributed by atoms with Crippen LogP contribution in [-0.4, -0.2) is 9.36 Å². The Bertz CT molecular complexity index is 473. The third kappa shape index (κ3) is 2.36. The highest BCUT2D eigenvalue weighted by Crippen LogP contribution is 2.35. The molecule has 2 aromatic rings. The molecule has 0 unspecified atom stereocenters. The minimum atomic E-state index is 0.804. The van der Waals surface area contributed by atoms with Crippen LogP contribution in [0.5, 0.6) is 0 Å². The molecule has 0 saturated heterocycles. The third-order valence-corrected chi connectivity index (χ3v) is 4.25. The number of anilines is 1. The maximum absolute atomic E-state index is 5.94. The lowest BCUT2D eigenvalue weighted by Crippen LogP contribution is -1.90. The lowest BCUT2D eigenvalue weighted by Gasteiger charge is -2.05. The third-order valence-electron chi connectivity index (χ3n) is 2.20. The lowest BCUT2D eigenvalue weighted by atomic mass is 10.2. The number of nitrogens with zero attached hydrogens (tertiary/aromatic N) is 2. The largest absolute Gasteiger partial charge is 0.398 e. The molecule has 0 aliphatic carbocycles. The summed E-state index contributed by atoms with van der Waals surface area (Å²) >= 11 is 3.03. The summed E-state index contributed by atoms with van der Waals surface area (Å²) in [6.07, 6.45) is 0.875. The van der Waals surface area contributed by atoms with E-state index >= 15 is 0 Å². The first kappa shape index (κ1) is 11.4. The standard InChI is InChI=1S/C11H13N3S2/c1-3-9-13-11(16-14-9)15-10-7(2)5-4-6-8(10)12/h4-6H,3,12H2,1-2H3. The second kappa shape index (κ2) is 4.84. The predicted octanol–water partition coefficient (Wildman–Crippen LogP) is 3.14. The van der Waals surface area contributed by atoms with Gasteiger partial charge >= 0.3 is 0 Å². The Kier molecular flexibility index (Phi) is 3.46. The zero-order valence-corrected chi connectivity index (χ0v) is 10.9. The number of nitrogens with two attached hydrogens (primary N) is 1. The molecule has 0 spiro atoms. The average molecular weight is 251 g/mol. The van der Waals surface area contributed by atoms with Crippen LogP contribution in [0.1, 0.15) is 18.3 Å². The van der Waals surface area contributed by atoms with Crippen LogP contribution in [0, 0.1) is 6.92 Å². The SMILES string of the molecule is CCc1nsc(Sc2c(C)cccc2N)n1. The van der Waals surface area contributed by atoms with E-state index in [0.29, 0.717) is 0 Å². The maximum Gasteiger partial charge on any atom is 0.174 e. The fourth-order valence-corrected chi connectivity index (χ4v) is 3.08. The van der Waals surface area contributed by atoms with Crippen LogP contribution in [0.25, 0.3) is 0 Å². The molecule has 2 N–H and O–H groups in total. The van der Waals surface area contributed by atoms with E-state index in [4.69, 9.17) is 5.73 Å². The topological polar surface area (TPSA) is 51.8 Å². The highest BCUT2D eigenvalue weighted by atomic mass is 32.2. The van der Waals surface area contributed by atoms with Gasteiger partial charge in [0.25, 0.3) is 0 Å². The van der Waals surface area contributed by atoms with Crippen molar-refractivity contribution < 1.29 is 0 Å². The normalized spacial score (nSPS) is 10.6. The van der Waals surface area contributed by atoms with Gasteiger partial charge in [-0.05, 0) is 30.1 Å². The van der Waals surface area contributed by atoms with E-state index in [1.54, 1.807) is 11.8 Å². The fourth-order valence-electron chi connectivity index (χ4n) is 1.32. The van der Waals surface area contributed by atoms with Gasteiger partial charge in [0.15, 0.2) is 4.34 Å². The van der Waals surface area contributed by atoms with Crippen LogP contribution < -0.4 is 5.73 Å². The van der Waals surface area contributed by atoms with Gasteiger partial charge in [0.05, 0.1) is 0 Å². The van der Waals surface area contributed by atoms with Gasteiger partial charge < -0.3 is 5.73 Å². The van der Waals surface area contributed by atoms with Crippen molar-refractivity contribution in [3.8, 4) is 0 Å². The lowest BCUT2D eigenvalue weighted by molar-refractivity contribution is 0.971. The number of benzene rings is 1. The van der Waals surface area contributed by atoms with Crippen LogP contribution in [0.3, 0.4) is 0 Å². The van der Waals surface area contributed by atoms with E-state index in [0.717, 1.165) is 27.2 Å². The van der Waals surface area contributed by atoms with Crippen molar-refractivity contribution in [3.63, 3.8) is 0 Å². The van der Waals surface area contributed by atoms with Gasteiger partial charge in [0.2, 0.25) is 0 Å². The van der Waals surface area contributed by atoms with E-state index in [2.05, 4.69) is 29.3 Å². The predicted molar refractivity (Wildman–Crippen MR) is 69.0 cm³/mol. The van der Waals surface area contributed by atoms with E-state index in [1.165, 1.54) is 17.1 Å². The molecule has 0 fully saturated rings. The first-order chi connectivity index (χ1) is 7.70. The van der Waals surface area contributed by atoms with E-state index < -0.39 is 0 Å². The number of nitrogen functional groups attached to an aromatic ring is 1. The second-order valence-corrected chi connectivity index (χ2v) is 5.43. The minimum absolute atomic E-state index is 0.804. The Morgan fingerprint density at radius 2 is 2.25 bits per heavy atom. The van der Waals surface area contributed by atoms with Gasteiger partial charge in [-0.2, -0.15) is 4.37 Å². The summed E-state index contributed by atoms with van der Waals surface area (Å²) in [4.78, 5) is 5.51. The molecule has 1 aromatic heterocycles.